The predicted octanol–water partition coefficient (Wildman–Crippen LogP) is 4.69. The molecule has 1 aromatic heterocycles. The van der Waals surface area contributed by atoms with Gasteiger partial charge >= 0.3 is 0 Å². The average molecular weight is 398 g/mol. The molecule has 25 heavy (non-hydrogen) atoms. The minimum atomic E-state index is -0.112. The number of aromatic nitrogens is 1. The van der Waals surface area contributed by atoms with Crippen molar-refractivity contribution in [3.05, 3.63) is 77.5 Å². The molecule has 0 unspecified atom stereocenters. The molecular weight excluding hydrogens is 382 g/mol. The zero-order valence-corrected chi connectivity index (χ0v) is 14.9. The fourth-order valence-corrected chi connectivity index (χ4v) is 2.37. The molecule has 0 aliphatic rings. The standard InChI is InChI=1S/C19H16BrN3O2/c20-14-1-3-16(4-2-14)23-19(24)13-22-15-5-7-17(8-6-15)25-18-9-11-21-12-10-18/h1-12,22H,13H2,(H,23,24). The topological polar surface area (TPSA) is 63.2 Å². The Balaban J connectivity index is 1.49. The van der Waals surface area contributed by atoms with Gasteiger partial charge < -0.3 is 15.4 Å². The van der Waals surface area contributed by atoms with Crippen LogP contribution >= 0.6 is 15.9 Å². The van der Waals surface area contributed by atoms with Gasteiger partial charge in [0.2, 0.25) is 5.91 Å². The molecule has 0 aliphatic heterocycles. The summed E-state index contributed by atoms with van der Waals surface area (Å²) in [5.41, 5.74) is 1.60. The number of pyridine rings is 1. The van der Waals surface area contributed by atoms with Crippen molar-refractivity contribution in [1.82, 2.24) is 4.98 Å². The van der Waals surface area contributed by atoms with E-state index in [0.717, 1.165) is 27.3 Å². The first-order valence-corrected chi connectivity index (χ1v) is 8.45. The van der Waals surface area contributed by atoms with E-state index in [1.54, 1.807) is 24.5 Å². The van der Waals surface area contributed by atoms with Gasteiger partial charge in [-0.2, -0.15) is 0 Å². The average Bonchev–Trinajstić information content (AvgIpc) is 2.64. The minimum absolute atomic E-state index is 0.112. The third kappa shape index (κ3) is 5.32. The summed E-state index contributed by atoms with van der Waals surface area (Å²) in [5, 5.41) is 5.91. The van der Waals surface area contributed by atoms with Gasteiger partial charge in [0.1, 0.15) is 11.5 Å². The van der Waals surface area contributed by atoms with Crippen LogP contribution in [-0.2, 0) is 4.79 Å². The number of rotatable bonds is 6. The number of carbonyl (C=O) groups is 1. The molecule has 2 aromatic carbocycles. The molecule has 0 saturated heterocycles. The van der Waals surface area contributed by atoms with Crippen LogP contribution in [0, 0.1) is 0 Å². The second kappa shape index (κ2) is 8.30. The quantitative estimate of drug-likeness (QED) is 0.633. The Morgan fingerprint density at radius 1 is 0.880 bits per heavy atom. The highest BCUT2D eigenvalue weighted by Crippen LogP contribution is 2.22. The number of nitrogens with one attached hydrogen (secondary N) is 2. The van der Waals surface area contributed by atoms with E-state index < -0.39 is 0 Å². The molecule has 2 N–H and O–H groups in total. The third-order valence-electron chi connectivity index (χ3n) is 3.32. The van der Waals surface area contributed by atoms with Crippen molar-refractivity contribution in [3.63, 3.8) is 0 Å². The first-order chi connectivity index (χ1) is 12.2. The second-order valence-electron chi connectivity index (χ2n) is 5.22. The van der Waals surface area contributed by atoms with E-state index in [4.69, 9.17) is 4.74 Å². The van der Waals surface area contributed by atoms with Crippen LogP contribution in [0.3, 0.4) is 0 Å². The van der Waals surface area contributed by atoms with E-state index in [2.05, 4.69) is 31.5 Å². The van der Waals surface area contributed by atoms with Crippen molar-refractivity contribution < 1.29 is 9.53 Å². The Morgan fingerprint density at radius 2 is 1.48 bits per heavy atom. The third-order valence-corrected chi connectivity index (χ3v) is 3.85. The maximum atomic E-state index is 12.0. The molecule has 0 saturated carbocycles. The molecule has 0 radical (unpaired) electrons. The van der Waals surface area contributed by atoms with Gasteiger partial charge in [-0.15, -0.1) is 0 Å². The smallest absolute Gasteiger partial charge is 0.243 e. The lowest BCUT2D eigenvalue weighted by Crippen LogP contribution is -2.21. The molecular formula is C19H16BrN3O2. The highest BCUT2D eigenvalue weighted by Gasteiger charge is 2.03. The van der Waals surface area contributed by atoms with Crippen molar-refractivity contribution in [2.75, 3.05) is 17.2 Å². The summed E-state index contributed by atoms with van der Waals surface area (Å²) in [6.45, 7) is 0.181. The van der Waals surface area contributed by atoms with E-state index in [0.29, 0.717) is 0 Å². The Labute approximate surface area is 154 Å². The lowest BCUT2D eigenvalue weighted by atomic mass is 10.3. The number of hydrogen-bond donors (Lipinski definition) is 2. The molecule has 0 aliphatic carbocycles. The van der Waals surface area contributed by atoms with Crippen LogP contribution in [0.25, 0.3) is 0 Å². The van der Waals surface area contributed by atoms with Crippen LogP contribution in [-0.4, -0.2) is 17.4 Å². The lowest BCUT2D eigenvalue weighted by molar-refractivity contribution is -0.114. The largest absolute Gasteiger partial charge is 0.457 e. The molecule has 6 heteroatoms. The number of anilines is 2. The summed E-state index contributed by atoms with van der Waals surface area (Å²) in [7, 11) is 0. The van der Waals surface area contributed by atoms with Gasteiger partial charge in [0.05, 0.1) is 6.54 Å². The van der Waals surface area contributed by atoms with E-state index >= 15 is 0 Å². The van der Waals surface area contributed by atoms with Crippen molar-refractivity contribution >= 4 is 33.2 Å². The molecule has 3 rings (SSSR count). The number of carbonyl (C=O) groups excluding carboxylic acids is 1. The van der Waals surface area contributed by atoms with E-state index in [1.807, 2.05) is 48.5 Å². The van der Waals surface area contributed by atoms with Gasteiger partial charge in [0.25, 0.3) is 0 Å². The zero-order chi connectivity index (χ0) is 17.5. The van der Waals surface area contributed by atoms with Crippen LogP contribution in [0.2, 0.25) is 0 Å². The summed E-state index contributed by atoms with van der Waals surface area (Å²) in [6.07, 6.45) is 3.35. The van der Waals surface area contributed by atoms with Gasteiger partial charge in [-0.25, -0.2) is 0 Å². The molecule has 1 heterocycles. The van der Waals surface area contributed by atoms with Gasteiger partial charge in [0, 0.05) is 28.2 Å². The molecule has 0 atom stereocenters. The molecule has 126 valence electrons. The molecule has 0 bridgehead atoms. The van der Waals surface area contributed by atoms with Crippen LogP contribution in [0.4, 0.5) is 11.4 Å². The van der Waals surface area contributed by atoms with E-state index in [1.165, 1.54) is 0 Å². The SMILES string of the molecule is O=C(CNc1ccc(Oc2ccncc2)cc1)Nc1ccc(Br)cc1. The lowest BCUT2D eigenvalue weighted by Gasteiger charge is -2.09. The maximum absolute atomic E-state index is 12.0. The number of benzene rings is 2. The minimum Gasteiger partial charge on any atom is -0.457 e. The van der Waals surface area contributed by atoms with Gasteiger partial charge in [-0.05, 0) is 60.7 Å². The summed E-state index contributed by atoms with van der Waals surface area (Å²) in [4.78, 5) is 15.9. The summed E-state index contributed by atoms with van der Waals surface area (Å²) < 4.78 is 6.67. The normalized spacial score (nSPS) is 10.1. The fourth-order valence-electron chi connectivity index (χ4n) is 2.10. The van der Waals surface area contributed by atoms with Gasteiger partial charge in [0.15, 0.2) is 0 Å². The van der Waals surface area contributed by atoms with Crippen LogP contribution < -0.4 is 15.4 Å². The highest BCUT2D eigenvalue weighted by atomic mass is 79.9. The van der Waals surface area contributed by atoms with Crippen molar-refractivity contribution in [2.45, 2.75) is 0 Å². The highest BCUT2D eigenvalue weighted by molar-refractivity contribution is 9.10. The molecule has 1 amide bonds. The summed E-state index contributed by atoms with van der Waals surface area (Å²) >= 11 is 3.36. The van der Waals surface area contributed by atoms with Crippen molar-refractivity contribution in [3.8, 4) is 11.5 Å². The second-order valence-corrected chi connectivity index (χ2v) is 6.13. The Kier molecular flexibility index (Phi) is 5.64. The first kappa shape index (κ1) is 17.0. The molecule has 0 spiro atoms. The van der Waals surface area contributed by atoms with E-state index in [-0.39, 0.29) is 12.5 Å². The molecule has 3 aromatic rings. The van der Waals surface area contributed by atoms with Gasteiger partial charge in [-0.3, -0.25) is 9.78 Å². The van der Waals surface area contributed by atoms with Gasteiger partial charge in [-0.1, -0.05) is 15.9 Å². The zero-order valence-electron chi connectivity index (χ0n) is 13.3. The fraction of sp³-hybridized carbons (Fsp3) is 0.0526. The van der Waals surface area contributed by atoms with Crippen molar-refractivity contribution in [2.24, 2.45) is 0 Å². The summed E-state index contributed by atoms with van der Waals surface area (Å²) in [5.74, 6) is 1.33. The van der Waals surface area contributed by atoms with Crippen LogP contribution in [0.5, 0.6) is 11.5 Å². The number of halogens is 1. The number of hydrogen-bond acceptors (Lipinski definition) is 4. The Hall–Kier alpha value is -2.86. The maximum Gasteiger partial charge on any atom is 0.243 e. The number of ether oxygens (including phenoxy) is 1. The van der Waals surface area contributed by atoms with Crippen LogP contribution in [0.1, 0.15) is 0 Å². The van der Waals surface area contributed by atoms with Crippen LogP contribution in [0.15, 0.2) is 77.5 Å². The Bertz CT molecular complexity index is 822. The monoisotopic (exact) mass is 397 g/mol. The molecule has 0 fully saturated rings. The van der Waals surface area contributed by atoms with Crippen molar-refractivity contribution in [1.29, 1.82) is 0 Å². The predicted molar refractivity (Wildman–Crippen MR) is 102 cm³/mol. The van der Waals surface area contributed by atoms with E-state index in [9.17, 15) is 4.79 Å². The Morgan fingerprint density at radius 3 is 2.16 bits per heavy atom. The first-order valence-electron chi connectivity index (χ1n) is 7.66. The number of amides is 1. The molecule has 5 nitrogen and oxygen atoms in total. The number of nitrogens with zero attached hydrogens (tertiary/aromatic N) is 1. The summed E-state index contributed by atoms with van der Waals surface area (Å²) in [6, 6.07) is 18.4.